The number of carboxylic acid groups (broad SMARTS) is 1. The Labute approximate surface area is 241 Å². The van der Waals surface area contributed by atoms with Crippen molar-refractivity contribution in [3.8, 4) is 0 Å². The summed E-state index contributed by atoms with van der Waals surface area (Å²) in [5, 5.41) is 13.9. The van der Waals surface area contributed by atoms with Gasteiger partial charge in [-0.05, 0) is 49.5 Å². The van der Waals surface area contributed by atoms with E-state index in [9.17, 15) is 24.3 Å². The van der Waals surface area contributed by atoms with Crippen LogP contribution in [0.15, 0.2) is 71.9 Å². The van der Waals surface area contributed by atoms with E-state index in [0.717, 1.165) is 12.1 Å². The van der Waals surface area contributed by atoms with Gasteiger partial charge in [0.1, 0.15) is 29.4 Å². The van der Waals surface area contributed by atoms with Gasteiger partial charge >= 0.3 is 6.09 Å². The smallest absolute Gasteiger partial charge is 0.405 e. The largest absolute Gasteiger partial charge is 0.465 e. The number of carbonyl (C=O) groups is 3. The summed E-state index contributed by atoms with van der Waals surface area (Å²) < 4.78 is 1.37. The maximum Gasteiger partial charge on any atom is 0.405 e. The van der Waals surface area contributed by atoms with Gasteiger partial charge in [-0.3, -0.25) is 14.4 Å². The number of aryl methyl sites for hydroxylation is 2. The van der Waals surface area contributed by atoms with Crippen molar-refractivity contribution in [1.82, 2.24) is 34.7 Å². The Morgan fingerprint density at radius 3 is 2.62 bits per heavy atom. The summed E-state index contributed by atoms with van der Waals surface area (Å²) in [6, 6.07) is 12.0. The molecular weight excluding hydrogens is 540 g/mol. The van der Waals surface area contributed by atoms with E-state index in [4.69, 9.17) is 0 Å². The fraction of sp³-hybridized carbons (Fsp3) is 0.276. The van der Waals surface area contributed by atoms with Gasteiger partial charge in [0.25, 0.3) is 5.56 Å². The van der Waals surface area contributed by atoms with E-state index in [2.05, 4.69) is 42.7 Å². The molecule has 4 aromatic rings. The van der Waals surface area contributed by atoms with Crippen LogP contribution in [0, 0.1) is 0 Å². The molecule has 0 radical (unpaired) electrons. The molecule has 3 amide bonds. The van der Waals surface area contributed by atoms with Crippen molar-refractivity contribution in [2.45, 2.75) is 38.3 Å². The molecule has 0 fully saturated rings. The van der Waals surface area contributed by atoms with Crippen LogP contribution in [-0.4, -0.2) is 72.6 Å². The van der Waals surface area contributed by atoms with Crippen LogP contribution in [-0.2, 0) is 29.0 Å². The molecule has 0 aliphatic carbocycles. The lowest BCUT2D eigenvalue weighted by molar-refractivity contribution is -0.123. The highest BCUT2D eigenvalue weighted by molar-refractivity contribution is 5.96. The van der Waals surface area contributed by atoms with Crippen LogP contribution in [0.3, 0.4) is 0 Å². The van der Waals surface area contributed by atoms with E-state index >= 15 is 0 Å². The lowest BCUT2D eigenvalue weighted by atomic mass is 10.1. The topological polar surface area (TPSA) is 175 Å². The van der Waals surface area contributed by atoms with Crippen LogP contribution in [0.1, 0.15) is 29.9 Å². The number of benzene rings is 1. The van der Waals surface area contributed by atoms with Gasteiger partial charge in [-0.25, -0.2) is 19.7 Å². The van der Waals surface area contributed by atoms with Gasteiger partial charge in [0.2, 0.25) is 11.8 Å². The van der Waals surface area contributed by atoms with Crippen molar-refractivity contribution in [1.29, 1.82) is 0 Å². The number of allylic oxidation sites excluding steroid dienone is 1. The Bertz CT molecular complexity index is 1640. The number of hydrogen-bond donors (Lipinski definition) is 4. The van der Waals surface area contributed by atoms with Crippen molar-refractivity contribution in [3.63, 3.8) is 0 Å². The number of amides is 3. The summed E-state index contributed by atoms with van der Waals surface area (Å²) in [7, 11) is 3.21. The molecule has 0 aliphatic rings. The summed E-state index contributed by atoms with van der Waals surface area (Å²) in [5.41, 5.74) is 2.68. The van der Waals surface area contributed by atoms with Crippen molar-refractivity contribution in [3.05, 3.63) is 94.6 Å². The fourth-order valence-corrected chi connectivity index (χ4v) is 4.25. The van der Waals surface area contributed by atoms with Crippen molar-refractivity contribution >= 4 is 34.8 Å². The third-order valence-electron chi connectivity index (χ3n) is 6.44. The second-order valence-electron chi connectivity index (χ2n) is 9.75. The summed E-state index contributed by atoms with van der Waals surface area (Å²) in [6.07, 6.45) is 6.38. The normalized spacial score (nSPS) is 11.9. The molecule has 3 aromatic heterocycles. The predicted molar refractivity (Wildman–Crippen MR) is 156 cm³/mol. The molecule has 1 aromatic carbocycles. The van der Waals surface area contributed by atoms with E-state index in [1.54, 1.807) is 32.4 Å². The lowest BCUT2D eigenvalue weighted by Gasteiger charge is -2.16. The first kappa shape index (κ1) is 29.6. The van der Waals surface area contributed by atoms with Gasteiger partial charge < -0.3 is 30.2 Å². The van der Waals surface area contributed by atoms with Crippen LogP contribution in [0.5, 0.6) is 0 Å². The molecule has 0 spiro atoms. The first-order chi connectivity index (χ1) is 20.2. The van der Waals surface area contributed by atoms with E-state index in [-0.39, 0.29) is 31.0 Å². The zero-order valence-electron chi connectivity index (χ0n) is 23.3. The third-order valence-corrected chi connectivity index (χ3v) is 6.44. The summed E-state index contributed by atoms with van der Waals surface area (Å²) in [5.74, 6) is -0.435. The molecule has 0 aliphatic heterocycles. The van der Waals surface area contributed by atoms with Gasteiger partial charge in [-0.2, -0.15) is 0 Å². The van der Waals surface area contributed by atoms with Gasteiger partial charge in [-0.1, -0.05) is 36.4 Å². The van der Waals surface area contributed by atoms with Gasteiger partial charge in [0.15, 0.2) is 5.65 Å². The van der Waals surface area contributed by atoms with E-state index in [1.807, 2.05) is 18.2 Å². The Kier molecular flexibility index (Phi) is 9.77. The highest BCUT2D eigenvalue weighted by Gasteiger charge is 2.21. The van der Waals surface area contributed by atoms with Crippen LogP contribution < -0.4 is 16.2 Å². The zero-order valence-corrected chi connectivity index (χ0v) is 23.3. The van der Waals surface area contributed by atoms with Crippen LogP contribution >= 0.6 is 0 Å². The average molecular weight is 573 g/mol. The highest BCUT2D eigenvalue weighted by Crippen LogP contribution is 2.15. The number of nitrogens with zero attached hydrogens (tertiary/aromatic N) is 5. The van der Waals surface area contributed by atoms with Crippen LogP contribution in [0.25, 0.3) is 11.2 Å². The van der Waals surface area contributed by atoms with Crippen LogP contribution in [0.2, 0.25) is 0 Å². The number of aromatic amines is 1. The van der Waals surface area contributed by atoms with Crippen molar-refractivity contribution < 1.29 is 19.5 Å². The lowest BCUT2D eigenvalue weighted by Crippen LogP contribution is -2.44. The number of anilines is 1. The minimum Gasteiger partial charge on any atom is -0.465 e. The Hall–Kier alpha value is -5.33. The molecule has 0 bridgehead atoms. The molecule has 4 N–H and O–H groups in total. The number of rotatable bonds is 12. The number of hydrogen-bond acceptors (Lipinski definition) is 7. The first-order valence-corrected chi connectivity index (χ1v) is 13.3. The minimum atomic E-state index is -1.38. The monoisotopic (exact) mass is 572 g/mol. The number of imidazole rings is 1. The summed E-state index contributed by atoms with van der Waals surface area (Å²) in [6.45, 7) is 0.0819. The number of carbonyl (C=O) groups excluding carboxylic acids is 2. The maximum atomic E-state index is 13.2. The van der Waals surface area contributed by atoms with Crippen LogP contribution in [0.4, 0.5) is 10.5 Å². The molecule has 0 saturated carbocycles. The number of pyridine rings is 1. The Morgan fingerprint density at radius 2 is 1.88 bits per heavy atom. The second-order valence-corrected chi connectivity index (χ2v) is 9.75. The molecular formula is C29H32N8O5. The number of nitrogens with one attached hydrogen (secondary N) is 3. The zero-order chi connectivity index (χ0) is 30.1. The van der Waals surface area contributed by atoms with E-state index in [1.165, 1.54) is 33.5 Å². The molecule has 1 atom stereocenters. The summed E-state index contributed by atoms with van der Waals surface area (Å²) in [4.78, 5) is 66.9. The highest BCUT2D eigenvalue weighted by atomic mass is 16.4. The molecule has 0 saturated heterocycles. The Balaban J connectivity index is 1.45. The van der Waals surface area contributed by atoms with Gasteiger partial charge in [0.05, 0.1) is 12.2 Å². The van der Waals surface area contributed by atoms with Crippen molar-refractivity contribution in [2.24, 2.45) is 0 Å². The molecule has 13 nitrogen and oxygen atoms in total. The van der Waals surface area contributed by atoms with Crippen molar-refractivity contribution in [2.75, 3.05) is 19.4 Å². The average Bonchev–Trinajstić information content (AvgIpc) is 3.39. The maximum absolute atomic E-state index is 13.2. The van der Waals surface area contributed by atoms with Gasteiger partial charge in [0, 0.05) is 20.3 Å². The molecule has 42 heavy (non-hydrogen) atoms. The van der Waals surface area contributed by atoms with E-state index < -0.39 is 23.6 Å². The van der Waals surface area contributed by atoms with Gasteiger partial charge in [-0.15, -0.1) is 0 Å². The quantitative estimate of drug-likeness (QED) is 0.187. The number of aromatic nitrogens is 5. The first-order valence-electron chi connectivity index (χ1n) is 13.3. The Morgan fingerprint density at radius 1 is 1.10 bits per heavy atom. The van der Waals surface area contributed by atoms with E-state index in [0.29, 0.717) is 23.4 Å². The SMILES string of the molecule is CN(C)C(=O)/C=C/CCC(NC(=O)O)C(=O)Nc1cccn(Cc2nc3ncnc(CCc4ccccc4)c3[nH]2)c1=O. The molecule has 4 rings (SSSR count). The fourth-order valence-electron chi connectivity index (χ4n) is 4.25. The standard InChI is InChI=1S/C29H32N8O5/c1-36(2)24(38)13-7-6-11-21(33-29(41)42)27(39)32-22-12-8-16-37(28(22)40)17-23-34-25-20(30-18-31-26(25)35-23)15-14-19-9-4-3-5-10-19/h3-5,7-10,12-13,16,18,21,33H,6,11,14-15,17H2,1-2H3,(H,32,39)(H,41,42)(H,30,31,34,35)/b13-7+. The molecule has 13 heteroatoms. The minimum absolute atomic E-state index is 0.0162. The second kappa shape index (κ2) is 13.8. The predicted octanol–water partition coefficient (Wildman–Crippen LogP) is 2.35. The third kappa shape index (κ3) is 7.87. The summed E-state index contributed by atoms with van der Waals surface area (Å²) >= 11 is 0. The molecule has 218 valence electrons. The number of fused-ring (bicyclic) bond motifs is 1. The molecule has 3 heterocycles. The molecule has 1 unspecified atom stereocenters. The number of H-pyrrole nitrogens is 1. The number of likely N-dealkylation sites (N-methyl/N-ethyl adjacent to an activating group) is 1.